The summed E-state index contributed by atoms with van der Waals surface area (Å²) < 4.78 is 15.1. The van der Waals surface area contributed by atoms with Crippen molar-refractivity contribution in [2.45, 2.75) is 6.54 Å². The van der Waals surface area contributed by atoms with Crippen molar-refractivity contribution < 1.29 is 4.39 Å². The molecule has 3 rings (SSSR count). The summed E-state index contributed by atoms with van der Waals surface area (Å²) in [6.45, 7) is 0.423. The van der Waals surface area contributed by atoms with Gasteiger partial charge in [-0.25, -0.2) is 19.3 Å². The first-order valence-corrected chi connectivity index (χ1v) is 5.88. The second-order valence-electron chi connectivity index (χ2n) is 4.01. The van der Waals surface area contributed by atoms with E-state index in [-0.39, 0.29) is 11.0 Å². The van der Waals surface area contributed by atoms with E-state index >= 15 is 0 Å². The molecule has 0 aliphatic rings. The van der Waals surface area contributed by atoms with E-state index in [1.54, 1.807) is 16.8 Å². The van der Waals surface area contributed by atoms with Crippen LogP contribution in [0.1, 0.15) is 5.69 Å². The highest BCUT2D eigenvalue weighted by molar-refractivity contribution is 6.31. The Balaban J connectivity index is 2.13. The Labute approximate surface area is 112 Å². The lowest BCUT2D eigenvalue weighted by Gasteiger charge is -2.05. The van der Waals surface area contributed by atoms with Crippen molar-refractivity contribution in [3.8, 4) is 0 Å². The third-order valence-corrected chi connectivity index (χ3v) is 3.07. The van der Waals surface area contributed by atoms with Crippen LogP contribution >= 0.6 is 11.6 Å². The van der Waals surface area contributed by atoms with Crippen LogP contribution in [0.5, 0.6) is 0 Å². The van der Waals surface area contributed by atoms with Crippen molar-refractivity contribution in [2.24, 2.45) is 0 Å². The molecule has 1 aromatic carbocycles. The molecule has 0 fully saturated rings. The molecule has 3 aromatic rings. The minimum Gasteiger partial charge on any atom is -0.369 e. The minimum atomic E-state index is -0.513. The van der Waals surface area contributed by atoms with Gasteiger partial charge in [0, 0.05) is 12.3 Å². The van der Waals surface area contributed by atoms with Crippen LogP contribution in [0.2, 0.25) is 5.02 Å². The first kappa shape index (κ1) is 11.9. The minimum absolute atomic E-state index is 0.0383. The molecule has 7 heteroatoms. The second kappa shape index (κ2) is 4.47. The Bertz CT molecular complexity index is 741. The highest BCUT2D eigenvalue weighted by atomic mass is 35.5. The van der Waals surface area contributed by atoms with E-state index in [1.807, 2.05) is 0 Å². The van der Waals surface area contributed by atoms with E-state index in [2.05, 4.69) is 15.0 Å². The molecular weight excluding hydrogens is 269 g/mol. The standard InChI is InChI=1S/C12H9ClFN5/c13-8-3-11-10(4-9(8)14)18-12(15)19(11)5-7-1-2-16-6-17-7/h1-4,6H,5H2,(H2,15,18). The number of imidazole rings is 1. The van der Waals surface area contributed by atoms with Crippen molar-refractivity contribution in [2.75, 3.05) is 5.73 Å². The number of fused-ring (bicyclic) bond motifs is 1. The molecule has 2 aromatic heterocycles. The SMILES string of the molecule is Nc1nc2cc(F)c(Cl)cc2n1Cc1ccncn1. The highest BCUT2D eigenvalue weighted by Gasteiger charge is 2.12. The van der Waals surface area contributed by atoms with Crippen LogP contribution in [-0.4, -0.2) is 19.5 Å². The molecule has 0 unspecified atom stereocenters. The van der Waals surface area contributed by atoms with E-state index < -0.39 is 5.82 Å². The average Bonchev–Trinajstić information content (AvgIpc) is 2.68. The normalized spacial score (nSPS) is 11.1. The zero-order valence-corrected chi connectivity index (χ0v) is 10.5. The predicted octanol–water partition coefficient (Wildman–Crippen LogP) is 2.25. The summed E-state index contributed by atoms with van der Waals surface area (Å²) in [5.41, 5.74) is 7.76. The molecule has 2 heterocycles. The van der Waals surface area contributed by atoms with Gasteiger partial charge in [0.2, 0.25) is 5.95 Å². The van der Waals surface area contributed by atoms with Gasteiger partial charge in [-0.2, -0.15) is 0 Å². The van der Waals surface area contributed by atoms with Gasteiger partial charge >= 0.3 is 0 Å². The molecule has 0 bridgehead atoms. The van der Waals surface area contributed by atoms with E-state index in [4.69, 9.17) is 17.3 Å². The van der Waals surface area contributed by atoms with Gasteiger partial charge < -0.3 is 10.3 Å². The largest absolute Gasteiger partial charge is 0.369 e. The molecule has 19 heavy (non-hydrogen) atoms. The smallest absolute Gasteiger partial charge is 0.201 e. The van der Waals surface area contributed by atoms with Gasteiger partial charge in [0.1, 0.15) is 12.1 Å². The van der Waals surface area contributed by atoms with Crippen molar-refractivity contribution in [1.82, 2.24) is 19.5 Å². The Hall–Kier alpha value is -2.21. The van der Waals surface area contributed by atoms with Crippen LogP contribution in [0.4, 0.5) is 10.3 Å². The Morgan fingerprint density at radius 2 is 2.21 bits per heavy atom. The first-order chi connectivity index (χ1) is 9.15. The molecule has 0 saturated carbocycles. The Kier molecular flexibility index (Phi) is 2.79. The first-order valence-electron chi connectivity index (χ1n) is 5.51. The number of anilines is 1. The molecule has 0 atom stereocenters. The maximum absolute atomic E-state index is 13.4. The molecule has 96 valence electrons. The summed E-state index contributed by atoms with van der Waals surface area (Å²) in [5.74, 6) is -0.226. The van der Waals surface area contributed by atoms with Gasteiger partial charge in [-0.3, -0.25) is 0 Å². The molecule has 2 N–H and O–H groups in total. The molecule has 5 nitrogen and oxygen atoms in total. The van der Waals surface area contributed by atoms with E-state index in [0.717, 1.165) is 5.69 Å². The lowest BCUT2D eigenvalue weighted by atomic mass is 10.3. The maximum Gasteiger partial charge on any atom is 0.201 e. The number of nitrogen functional groups attached to an aromatic ring is 1. The predicted molar refractivity (Wildman–Crippen MR) is 70.2 cm³/mol. The van der Waals surface area contributed by atoms with Crippen molar-refractivity contribution >= 4 is 28.6 Å². The van der Waals surface area contributed by atoms with Crippen LogP contribution in [0.3, 0.4) is 0 Å². The Morgan fingerprint density at radius 3 is 2.95 bits per heavy atom. The van der Waals surface area contributed by atoms with E-state index in [0.29, 0.717) is 17.6 Å². The summed E-state index contributed by atoms with van der Waals surface area (Å²) in [6.07, 6.45) is 3.10. The van der Waals surface area contributed by atoms with Gasteiger partial charge in [0.25, 0.3) is 0 Å². The summed E-state index contributed by atoms with van der Waals surface area (Å²) in [5, 5.41) is 0.0383. The lowest BCUT2D eigenvalue weighted by molar-refractivity contribution is 0.629. The zero-order valence-electron chi connectivity index (χ0n) is 9.72. The summed E-state index contributed by atoms with van der Waals surface area (Å²) in [7, 11) is 0. The van der Waals surface area contributed by atoms with Crippen LogP contribution in [0.15, 0.2) is 30.7 Å². The van der Waals surface area contributed by atoms with Crippen molar-refractivity contribution in [3.63, 3.8) is 0 Å². The zero-order chi connectivity index (χ0) is 13.4. The number of aromatic nitrogens is 4. The lowest BCUT2D eigenvalue weighted by Crippen LogP contribution is -2.06. The summed E-state index contributed by atoms with van der Waals surface area (Å²) in [6, 6.07) is 4.55. The highest BCUT2D eigenvalue weighted by Crippen LogP contribution is 2.25. The maximum atomic E-state index is 13.4. The summed E-state index contributed by atoms with van der Waals surface area (Å²) >= 11 is 5.79. The van der Waals surface area contributed by atoms with Gasteiger partial charge in [-0.05, 0) is 12.1 Å². The summed E-state index contributed by atoms with van der Waals surface area (Å²) in [4.78, 5) is 12.1. The monoisotopic (exact) mass is 277 g/mol. The van der Waals surface area contributed by atoms with Crippen LogP contribution in [0.25, 0.3) is 11.0 Å². The van der Waals surface area contributed by atoms with Gasteiger partial charge in [0.05, 0.1) is 28.3 Å². The Morgan fingerprint density at radius 1 is 1.37 bits per heavy atom. The topological polar surface area (TPSA) is 69.6 Å². The number of rotatable bonds is 2. The quantitative estimate of drug-likeness (QED) is 0.780. The molecular formula is C12H9ClFN5. The number of hydrogen-bond donors (Lipinski definition) is 1. The van der Waals surface area contributed by atoms with Gasteiger partial charge in [-0.15, -0.1) is 0 Å². The molecule has 0 radical (unpaired) electrons. The van der Waals surface area contributed by atoms with E-state index in [1.165, 1.54) is 18.5 Å². The number of hydrogen-bond acceptors (Lipinski definition) is 4. The van der Waals surface area contributed by atoms with Gasteiger partial charge in [0.15, 0.2) is 0 Å². The second-order valence-corrected chi connectivity index (χ2v) is 4.42. The van der Waals surface area contributed by atoms with Crippen molar-refractivity contribution in [3.05, 3.63) is 47.3 Å². The van der Waals surface area contributed by atoms with Crippen LogP contribution < -0.4 is 5.73 Å². The fraction of sp³-hybridized carbons (Fsp3) is 0.0833. The fourth-order valence-corrected chi connectivity index (χ4v) is 2.04. The number of nitrogens with zero attached hydrogens (tertiary/aromatic N) is 4. The van der Waals surface area contributed by atoms with Gasteiger partial charge in [-0.1, -0.05) is 11.6 Å². The average molecular weight is 278 g/mol. The molecule has 0 amide bonds. The molecule has 0 aliphatic heterocycles. The molecule has 0 saturated heterocycles. The van der Waals surface area contributed by atoms with Crippen LogP contribution in [0, 0.1) is 5.82 Å². The molecule has 0 spiro atoms. The third-order valence-electron chi connectivity index (χ3n) is 2.78. The van der Waals surface area contributed by atoms with Crippen LogP contribution in [-0.2, 0) is 6.54 Å². The number of benzene rings is 1. The number of halogens is 2. The third kappa shape index (κ3) is 2.10. The van der Waals surface area contributed by atoms with Crippen molar-refractivity contribution in [1.29, 1.82) is 0 Å². The fourth-order valence-electron chi connectivity index (χ4n) is 1.88. The number of nitrogens with two attached hydrogens (primary N) is 1. The molecule has 0 aliphatic carbocycles. The van der Waals surface area contributed by atoms with E-state index in [9.17, 15) is 4.39 Å².